The fourth-order valence-electron chi connectivity index (χ4n) is 1.68. The Hall–Kier alpha value is -1.96. The van der Waals surface area contributed by atoms with E-state index in [1.54, 1.807) is 6.33 Å². The number of thiazole rings is 1. The third kappa shape index (κ3) is 2.73. The number of carbonyl (C=O) groups is 1. The molecule has 2 aromatic heterocycles. The topological polar surface area (TPSA) is 81.9 Å². The Balaban J connectivity index is 2.16. The Kier molecular flexibility index (Phi) is 3.79. The van der Waals surface area contributed by atoms with E-state index < -0.39 is 5.97 Å². The molecular formula is C11H15N5O2S. The van der Waals surface area contributed by atoms with E-state index in [1.165, 1.54) is 18.4 Å². The molecule has 0 bridgehead atoms. The van der Waals surface area contributed by atoms with Crippen LogP contribution in [-0.2, 0) is 11.8 Å². The Labute approximate surface area is 114 Å². The molecule has 0 spiro atoms. The summed E-state index contributed by atoms with van der Waals surface area (Å²) < 4.78 is 6.51. The van der Waals surface area contributed by atoms with Gasteiger partial charge in [-0.3, -0.25) is 0 Å². The highest BCUT2D eigenvalue weighted by molar-refractivity contribution is 7.15. The van der Waals surface area contributed by atoms with Gasteiger partial charge in [-0.05, 0) is 13.8 Å². The van der Waals surface area contributed by atoms with E-state index in [9.17, 15) is 4.79 Å². The molecule has 2 aromatic rings. The van der Waals surface area contributed by atoms with Crippen molar-refractivity contribution in [2.75, 3.05) is 12.4 Å². The standard InChI is InChI=1S/C11H15N5O2S/c1-6(9-15-12-5-16(9)3)13-11-14-8(7(2)19-11)10(17)18-4/h5-6H,1-4H3,(H,13,14). The van der Waals surface area contributed by atoms with E-state index in [1.807, 2.05) is 25.5 Å². The number of rotatable bonds is 4. The quantitative estimate of drug-likeness (QED) is 0.856. The highest BCUT2D eigenvalue weighted by atomic mass is 32.1. The predicted octanol–water partition coefficient (Wildman–Crippen LogP) is 1.54. The van der Waals surface area contributed by atoms with Gasteiger partial charge in [-0.2, -0.15) is 0 Å². The van der Waals surface area contributed by atoms with E-state index in [2.05, 4.69) is 25.2 Å². The van der Waals surface area contributed by atoms with Crippen LogP contribution in [0.2, 0.25) is 0 Å². The van der Waals surface area contributed by atoms with Gasteiger partial charge >= 0.3 is 5.97 Å². The molecule has 8 heteroatoms. The fourth-order valence-corrected chi connectivity index (χ4v) is 2.57. The maximum Gasteiger partial charge on any atom is 0.357 e. The monoisotopic (exact) mass is 281 g/mol. The summed E-state index contributed by atoms with van der Waals surface area (Å²) in [6.07, 6.45) is 1.64. The van der Waals surface area contributed by atoms with E-state index in [-0.39, 0.29) is 6.04 Å². The van der Waals surface area contributed by atoms with Gasteiger partial charge in [-0.25, -0.2) is 9.78 Å². The van der Waals surface area contributed by atoms with Crippen LogP contribution in [0.1, 0.15) is 34.2 Å². The highest BCUT2D eigenvalue weighted by Gasteiger charge is 2.18. The van der Waals surface area contributed by atoms with Gasteiger partial charge in [-0.1, -0.05) is 0 Å². The van der Waals surface area contributed by atoms with Gasteiger partial charge in [0.05, 0.1) is 13.2 Å². The lowest BCUT2D eigenvalue weighted by atomic mass is 10.3. The van der Waals surface area contributed by atoms with Crippen molar-refractivity contribution in [3.8, 4) is 0 Å². The minimum atomic E-state index is -0.423. The molecule has 2 heterocycles. The molecule has 0 amide bonds. The summed E-state index contributed by atoms with van der Waals surface area (Å²) in [7, 11) is 3.22. The number of nitrogens with zero attached hydrogens (tertiary/aromatic N) is 4. The summed E-state index contributed by atoms with van der Waals surface area (Å²) in [4.78, 5) is 16.5. The number of anilines is 1. The fraction of sp³-hybridized carbons (Fsp3) is 0.455. The molecule has 2 rings (SSSR count). The first kappa shape index (κ1) is 13.5. The van der Waals surface area contributed by atoms with Crippen molar-refractivity contribution in [2.45, 2.75) is 19.9 Å². The average molecular weight is 281 g/mol. The smallest absolute Gasteiger partial charge is 0.357 e. The number of carbonyl (C=O) groups excluding carboxylic acids is 1. The van der Waals surface area contributed by atoms with Crippen LogP contribution in [0.4, 0.5) is 5.13 Å². The Bertz CT molecular complexity index is 592. The lowest BCUT2D eigenvalue weighted by Crippen LogP contribution is -2.12. The largest absolute Gasteiger partial charge is 0.464 e. The zero-order valence-corrected chi connectivity index (χ0v) is 12.0. The summed E-state index contributed by atoms with van der Waals surface area (Å²) in [5, 5.41) is 11.7. The van der Waals surface area contributed by atoms with E-state index in [0.717, 1.165) is 10.7 Å². The number of aromatic nitrogens is 4. The summed E-state index contributed by atoms with van der Waals surface area (Å²) in [5.41, 5.74) is 0.347. The molecule has 19 heavy (non-hydrogen) atoms. The zero-order valence-electron chi connectivity index (χ0n) is 11.2. The van der Waals surface area contributed by atoms with Crippen molar-refractivity contribution in [3.05, 3.63) is 22.7 Å². The summed E-state index contributed by atoms with van der Waals surface area (Å²) >= 11 is 1.41. The van der Waals surface area contributed by atoms with Gasteiger partial charge in [0.1, 0.15) is 6.33 Å². The Morgan fingerprint density at radius 1 is 1.58 bits per heavy atom. The molecule has 0 radical (unpaired) electrons. The molecule has 7 nitrogen and oxygen atoms in total. The number of nitrogens with one attached hydrogen (secondary N) is 1. The minimum absolute atomic E-state index is 0.0523. The molecule has 102 valence electrons. The van der Waals surface area contributed by atoms with Crippen LogP contribution in [0.3, 0.4) is 0 Å². The van der Waals surface area contributed by atoms with Crippen molar-refractivity contribution >= 4 is 22.4 Å². The van der Waals surface area contributed by atoms with Gasteiger partial charge < -0.3 is 14.6 Å². The van der Waals surface area contributed by atoms with Crippen LogP contribution < -0.4 is 5.32 Å². The molecule has 0 aromatic carbocycles. The van der Waals surface area contributed by atoms with E-state index in [0.29, 0.717) is 10.8 Å². The first-order valence-electron chi connectivity index (χ1n) is 5.69. The van der Waals surface area contributed by atoms with Gasteiger partial charge in [0.2, 0.25) is 0 Å². The van der Waals surface area contributed by atoms with Crippen LogP contribution in [0.25, 0.3) is 0 Å². The minimum Gasteiger partial charge on any atom is -0.464 e. The number of ether oxygens (including phenoxy) is 1. The number of methoxy groups -OCH3 is 1. The number of hydrogen-bond donors (Lipinski definition) is 1. The summed E-state index contributed by atoms with van der Waals surface area (Å²) in [6, 6.07) is -0.0523. The van der Waals surface area contributed by atoms with Crippen LogP contribution in [0, 0.1) is 6.92 Å². The number of aryl methyl sites for hydroxylation is 2. The molecule has 0 aliphatic heterocycles. The molecule has 0 saturated heterocycles. The molecule has 1 N–H and O–H groups in total. The van der Waals surface area contributed by atoms with Gasteiger partial charge in [-0.15, -0.1) is 21.5 Å². The second kappa shape index (κ2) is 5.35. The molecule has 0 saturated carbocycles. The molecule has 1 unspecified atom stereocenters. The van der Waals surface area contributed by atoms with E-state index >= 15 is 0 Å². The first-order valence-corrected chi connectivity index (χ1v) is 6.50. The van der Waals surface area contributed by atoms with Crippen molar-refractivity contribution in [2.24, 2.45) is 7.05 Å². The average Bonchev–Trinajstić information content (AvgIpc) is 2.94. The number of hydrogen-bond acceptors (Lipinski definition) is 7. The van der Waals surface area contributed by atoms with Crippen molar-refractivity contribution in [1.29, 1.82) is 0 Å². The van der Waals surface area contributed by atoms with Crippen LogP contribution in [0.5, 0.6) is 0 Å². The van der Waals surface area contributed by atoms with Crippen molar-refractivity contribution in [3.63, 3.8) is 0 Å². The van der Waals surface area contributed by atoms with Gasteiger partial charge in [0.15, 0.2) is 16.6 Å². The Morgan fingerprint density at radius 3 is 2.89 bits per heavy atom. The second-order valence-electron chi connectivity index (χ2n) is 4.08. The zero-order chi connectivity index (χ0) is 14.0. The number of esters is 1. The van der Waals surface area contributed by atoms with Gasteiger partial charge in [0.25, 0.3) is 0 Å². The molecular weight excluding hydrogens is 266 g/mol. The van der Waals surface area contributed by atoms with Crippen LogP contribution in [0.15, 0.2) is 6.33 Å². The van der Waals surface area contributed by atoms with Crippen LogP contribution in [-0.4, -0.2) is 32.8 Å². The molecule has 0 aliphatic rings. The first-order chi connectivity index (χ1) is 9.02. The Morgan fingerprint density at radius 2 is 2.32 bits per heavy atom. The van der Waals surface area contributed by atoms with Crippen molar-refractivity contribution in [1.82, 2.24) is 19.7 Å². The second-order valence-corrected chi connectivity index (χ2v) is 5.28. The molecule has 1 atom stereocenters. The maximum atomic E-state index is 11.5. The SMILES string of the molecule is COC(=O)c1nc(NC(C)c2nncn2C)sc1C. The van der Waals surface area contributed by atoms with E-state index in [4.69, 9.17) is 0 Å². The summed E-state index contributed by atoms with van der Waals surface area (Å²) in [6.45, 7) is 3.79. The van der Waals surface area contributed by atoms with Crippen molar-refractivity contribution < 1.29 is 9.53 Å². The normalized spacial score (nSPS) is 12.2. The van der Waals surface area contributed by atoms with Gasteiger partial charge in [0, 0.05) is 11.9 Å². The summed E-state index contributed by atoms with van der Waals surface area (Å²) in [5.74, 6) is 0.376. The van der Waals surface area contributed by atoms with Crippen LogP contribution >= 0.6 is 11.3 Å². The highest BCUT2D eigenvalue weighted by Crippen LogP contribution is 2.25. The lowest BCUT2D eigenvalue weighted by molar-refractivity contribution is 0.0594. The molecule has 0 aliphatic carbocycles. The molecule has 0 fully saturated rings. The predicted molar refractivity (Wildman–Crippen MR) is 71.2 cm³/mol. The third-order valence-corrected chi connectivity index (χ3v) is 3.55. The maximum absolute atomic E-state index is 11.5. The lowest BCUT2D eigenvalue weighted by Gasteiger charge is -2.11. The third-order valence-electron chi connectivity index (χ3n) is 2.65.